The Morgan fingerprint density at radius 1 is 1.26 bits per heavy atom. The first kappa shape index (κ1) is 13.7. The highest BCUT2D eigenvalue weighted by Gasteiger charge is 2.64. The largest absolute Gasteiger partial charge is 0.497 e. The van der Waals surface area contributed by atoms with Crippen LogP contribution in [-0.4, -0.2) is 44.9 Å². The number of methoxy groups -OCH3 is 2. The molecule has 0 saturated carbocycles. The molecule has 23 heavy (non-hydrogen) atoms. The van der Waals surface area contributed by atoms with Gasteiger partial charge in [-0.05, 0) is 56.5 Å². The lowest BCUT2D eigenvalue weighted by atomic mass is 9.53. The molecule has 2 aliphatic heterocycles. The van der Waals surface area contributed by atoms with E-state index in [1.807, 2.05) is 0 Å². The van der Waals surface area contributed by atoms with Gasteiger partial charge in [0.05, 0.1) is 14.2 Å². The van der Waals surface area contributed by atoms with Crippen LogP contribution in [0.3, 0.4) is 0 Å². The van der Waals surface area contributed by atoms with Crippen LogP contribution < -0.4 is 9.47 Å². The van der Waals surface area contributed by atoms with Crippen molar-refractivity contribution in [3.05, 3.63) is 35.1 Å². The molecule has 1 aromatic carbocycles. The number of hydrogen-bond acceptors (Lipinski definition) is 4. The fourth-order valence-electron chi connectivity index (χ4n) is 5.66. The molecule has 0 radical (unpaired) electrons. The molecule has 2 heterocycles. The quantitative estimate of drug-likeness (QED) is 0.839. The van der Waals surface area contributed by atoms with Gasteiger partial charge in [0.2, 0.25) is 0 Å². The SMILES string of the molecule is COC1=CCC2[C@H]3Cc4ccc(OC)c5c4[C@@]2(CCN3C)C1O5. The van der Waals surface area contributed by atoms with Gasteiger partial charge in [0.1, 0.15) is 5.76 Å². The van der Waals surface area contributed by atoms with E-state index in [0.29, 0.717) is 12.0 Å². The van der Waals surface area contributed by atoms with Gasteiger partial charge < -0.3 is 19.1 Å². The molecule has 1 aromatic rings. The Bertz CT molecular complexity index is 713. The summed E-state index contributed by atoms with van der Waals surface area (Å²) < 4.78 is 17.8. The van der Waals surface area contributed by atoms with Crippen molar-refractivity contribution in [2.24, 2.45) is 5.92 Å². The van der Waals surface area contributed by atoms with E-state index in [9.17, 15) is 0 Å². The molecule has 1 spiro atoms. The molecular formula is C19H23NO3. The predicted octanol–water partition coefficient (Wildman–Crippen LogP) is 2.50. The summed E-state index contributed by atoms with van der Waals surface area (Å²) in [7, 11) is 5.77. The van der Waals surface area contributed by atoms with Crippen LogP contribution in [0.4, 0.5) is 0 Å². The van der Waals surface area contributed by atoms with Crippen molar-refractivity contribution in [1.82, 2.24) is 4.90 Å². The van der Waals surface area contributed by atoms with Crippen LogP contribution in [0.5, 0.6) is 11.5 Å². The smallest absolute Gasteiger partial charge is 0.166 e. The zero-order valence-electron chi connectivity index (χ0n) is 14.0. The Kier molecular flexibility index (Phi) is 2.65. The minimum atomic E-state index is 0.00722. The molecule has 4 nitrogen and oxygen atoms in total. The van der Waals surface area contributed by atoms with Gasteiger partial charge in [0.25, 0.3) is 0 Å². The van der Waals surface area contributed by atoms with Gasteiger partial charge in [-0.2, -0.15) is 0 Å². The van der Waals surface area contributed by atoms with Gasteiger partial charge in [-0.15, -0.1) is 0 Å². The highest BCUT2D eigenvalue weighted by molar-refractivity contribution is 5.62. The molecule has 1 saturated heterocycles. The number of likely N-dealkylation sites (N-methyl/N-ethyl adjacent to an activating group) is 1. The predicted molar refractivity (Wildman–Crippen MR) is 87.0 cm³/mol. The number of allylic oxidation sites excluding steroid dienone is 1. The van der Waals surface area contributed by atoms with Crippen LogP contribution >= 0.6 is 0 Å². The van der Waals surface area contributed by atoms with Gasteiger partial charge in [-0.25, -0.2) is 0 Å². The molecule has 4 heteroatoms. The van der Waals surface area contributed by atoms with E-state index in [1.54, 1.807) is 14.2 Å². The Morgan fingerprint density at radius 2 is 2.13 bits per heavy atom. The second-order valence-corrected chi connectivity index (χ2v) is 7.32. The standard InChI is InChI=1S/C19H23NO3/c1-20-9-8-19-12-5-7-15(22-3)18(19)23-17-14(21-2)6-4-11(16(17)19)10-13(12)20/h4,6-7,12-13,18H,5,8-10H2,1-3H3/t12?,13-,18?,19+/m1/s1. The number of ether oxygens (including phenoxy) is 3. The number of likely N-dealkylation sites (tertiary alicyclic amines) is 1. The van der Waals surface area contributed by atoms with Gasteiger partial charge in [0, 0.05) is 17.0 Å². The van der Waals surface area contributed by atoms with Gasteiger partial charge in [-0.3, -0.25) is 0 Å². The summed E-state index contributed by atoms with van der Waals surface area (Å²) in [6, 6.07) is 4.91. The average Bonchev–Trinajstić information content (AvgIpc) is 2.92. The summed E-state index contributed by atoms with van der Waals surface area (Å²) >= 11 is 0. The zero-order valence-corrected chi connectivity index (χ0v) is 14.0. The fourth-order valence-corrected chi connectivity index (χ4v) is 5.66. The maximum Gasteiger partial charge on any atom is 0.166 e. The lowest BCUT2D eigenvalue weighted by molar-refractivity contribution is -0.0267. The van der Waals surface area contributed by atoms with E-state index >= 15 is 0 Å². The molecule has 4 aliphatic rings. The Morgan fingerprint density at radius 3 is 2.91 bits per heavy atom. The van der Waals surface area contributed by atoms with E-state index in [4.69, 9.17) is 14.2 Å². The van der Waals surface area contributed by atoms with Gasteiger partial charge in [-0.1, -0.05) is 6.07 Å². The van der Waals surface area contributed by atoms with Crippen LogP contribution in [0.25, 0.3) is 0 Å². The highest BCUT2D eigenvalue weighted by Crippen LogP contribution is 2.63. The summed E-state index contributed by atoms with van der Waals surface area (Å²) in [4.78, 5) is 2.55. The fraction of sp³-hybridized carbons (Fsp3) is 0.579. The topological polar surface area (TPSA) is 30.9 Å². The van der Waals surface area contributed by atoms with E-state index in [1.165, 1.54) is 11.1 Å². The van der Waals surface area contributed by atoms with Crippen molar-refractivity contribution in [1.29, 1.82) is 0 Å². The lowest BCUT2D eigenvalue weighted by Crippen LogP contribution is -2.63. The first-order chi connectivity index (χ1) is 11.2. The van der Waals surface area contributed by atoms with E-state index in [-0.39, 0.29) is 11.5 Å². The van der Waals surface area contributed by atoms with Crippen LogP contribution in [0.1, 0.15) is 24.0 Å². The van der Waals surface area contributed by atoms with E-state index in [0.717, 1.165) is 43.1 Å². The van der Waals surface area contributed by atoms with Crippen LogP contribution in [0.2, 0.25) is 0 Å². The molecule has 2 aliphatic carbocycles. The third-order valence-electron chi connectivity index (χ3n) is 6.66. The van der Waals surface area contributed by atoms with Crippen molar-refractivity contribution < 1.29 is 14.2 Å². The van der Waals surface area contributed by atoms with Crippen molar-refractivity contribution >= 4 is 0 Å². The first-order valence-corrected chi connectivity index (χ1v) is 8.52. The number of hydrogen-bond donors (Lipinski definition) is 0. The van der Waals surface area contributed by atoms with Crippen molar-refractivity contribution in [2.45, 2.75) is 36.8 Å². The van der Waals surface area contributed by atoms with Crippen LogP contribution in [0, 0.1) is 5.92 Å². The molecule has 0 N–H and O–H groups in total. The number of benzene rings is 1. The summed E-state index contributed by atoms with van der Waals surface area (Å²) in [6.07, 6.45) is 5.58. The highest BCUT2D eigenvalue weighted by atomic mass is 16.6. The molecule has 5 rings (SSSR count). The van der Waals surface area contributed by atoms with Gasteiger partial charge in [0.15, 0.2) is 17.6 Å². The van der Waals surface area contributed by atoms with E-state index in [2.05, 4.69) is 30.2 Å². The second-order valence-electron chi connectivity index (χ2n) is 7.32. The van der Waals surface area contributed by atoms with Gasteiger partial charge >= 0.3 is 0 Å². The molecule has 122 valence electrons. The number of piperidine rings is 1. The minimum Gasteiger partial charge on any atom is -0.497 e. The second kappa shape index (κ2) is 4.44. The monoisotopic (exact) mass is 313 g/mol. The summed E-state index contributed by atoms with van der Waals surface area (Å²) in [5, 5.41) is 0. The van der Waals surface area contributed by atoms with Crippen LogP contribution in [-0.2, 0) is 16.6 Å². The minimum absolute atomic E-state index is 0.00722. The van der Waals surface area contributed by atoms with Crippen molar-refractivity contribution in [3.8, 4) is 11.5 Å². The first-order valence-electron chi connectivity index (χ1n) is 8.52. The van der Waals surface area contributed by atoms with Crippen LogP contribution in [0.15, 0.2) is 24.0 Å². The molecular weight excluding hydrogens is 290 g/mol. The third-order valence-corrected chi connectivity index (χ3v) is 6.66. The molecule has 1 fully saturated rings. The van der Waals surface area contributed by atoms with E-state index < -0.39 is 0 Å². The lowest BCUT2D eigenvalue weighted by Gasteiger charge is -2.56. The summed E-state index contributed by atoms with van der Waals surface area (Å²) in [5.74, 6) is 3.42. The number of rotatable bonds is 2. The Labute approximate surface area is 137 Å². The van der Waals surface area contributed by atoms with Crippen molar-refractivity contribution in [3.63, 3.8) is 0 Å². The zero-order chi connectivity index (χ0) is 15.8. The maximum absolute atomic E-state index is 6.50. The molecule has 0 amide bonds. The Hall–Kier alpha value is -1.68. The molecule has 4 atom stereocenters. The third kappa shape index (κ3) is 1.46. The number of nitrogens with zero attached hydrogens (tertiary/aromatic N) is 1. The van der Waals surface area contributed by atoms with Crippen molar-refractivity contribution in [2.75, 3.05) is 27.8 Å². The molecule has 0 aromatic heterocycles. The Balaban J connectivity index is 1.80. The normalized spacial score (nSPS) is 36.8. The maximum atomic E-state index is 6.50. The molecule has 2 unspecified atom stereocenters. The summed E-state index contributed by atoms with van der Waals surface area (Å²) in [6.45, 7) is 1.12. The molecule has 2 bridgehead atoms. The average molecular weight is 313 g/mol. The summed E-state index contributed by atoms with van der Waals surface area (Å²) in [5.41, 5.74) is 2.92.